The average molecular weight is 411 g/mol. The number of methoxy groups -OCH3 is 1. The number of phenols is 1. The minimum absolute atomic E-state index is 0.181. The van der Waals surface area contributed by atoms with E-state index in [1.165, 1.54) is 13.5 Å². The number of rotatable bonds is 3. The predicted molar refractivity (Wildman–Crippen MR) is 106 cm³/mol. The van der Waals surface area contributed by atoms with Gasteiger partial charge in [-0.15, -0.1) is 0 Å². The molecule has 0 amide bonds. The number of hydrogen-bond donors (Lipinski definition) is 1. The van der Waals surface area contributed by atoms with Gasteiger partial charge in [-0.3, -0.25) is 13.9 Å². The number of hydrogen-bond acceptors (Lipinski definition) is 7. The van der Waals surface area contributed by atoms with Crippen molar-refractivity contribution in [2.75, 3.05) is 20.7 Å². The molecule has 28 heavy (non-hydrogen) atoms. The van der Waals surface area contributed by atoms with Crippen molar-refractivity contribution in [3.8, 4) is 11.5 Å². The molecule has 0 bridgehead atoms. The minimum Gasteiger partial charge on any atom is -0.504 e. The second-order valence-electron chi connectivity index (χ2n) is 7.52. The lowest BCUT2D eigenvalue weighted by Crippen LogP contribution is -2.30. The predicted octanol–water partition coefficient (Wildman–Crippen LogP) is 4.33. The molecule has 2 heterocycles. The number of ether oxygens (including phenoxy) is 1. The SMILES string of the molecule is CC1OP(=O)(OC2=CC3C(CC2)CCN3C)OC1C.COc1ccccc1O. The molecule has 1 aromatic rings. The number of phenolic OH excluding ortho intramolecular Hbond substituents is 1. The Morgan fingerprint density at radius 1 is 1.18 bits per heavy atom. The van der Waals surface area contributed by atoms with Gasteiger partial charge in [-0.2, -0.15) is 0 Å². The maximum Gasteiger partial charge on any atom is 0.530 e. The second kappa shape index (κ2) is 8.87. The van der Waals surface area contributed by atoms with E-state index in [-0.39, 0.29) is 18.0 Å². The fraction of sp³-hybridized carbons (Fsp3) is 0.600. The van der Waals surface area contributed by atoms with Crippen LogP contribution < -0.4 is 4.74 Å². The summed E-state index contributed by atoms with van der Waals surface area (Å²) in [7, 11) is 0.253. The van der Waals surface area contributed by atoms with Crippen molar-refractivity contribution in [3.05, 3.63) is 36.1 Å². The third kappa shape index (κ3) is 4.90. The highest BCUT2D eigenvalue weighted by Gasteiger charge is 2.44. The molecule has 4 unspecified atom stereocenters. The summed E-state index contributed by atoms with van der Waals surface area (Å²) < 4.78 is 33.4. The van der Waals surface area contributed by atoms with Crippen LogP contribution in [0, 0.1) is 5.92 Å². The van der Waals surface area contributed by atoms with E-state index in [0.717, 1.165) is 25.1 Å². The third-order valence-corrected chi connectivity index (χ3v) is 7.17. The molecule has 0 aromatic heterocycles. The van der Waals surface area contributed by atoms with Crippen molar-refractivity contribution >= 4 is 7.82 Å². The van der Waals surface area contributed by atoms with Gasteiger partial charge < -0.3 is 14.4 Å². The number of phosphoric ester groups is 1. The first-order chi connectivity index (χ1) is 13.3. The van der Waals surface area contributed by atoms with E-state index in [0.29, 0.717) is 17.7 Å². The molecule has 2 fully saturated rings. The van der Waals surface area contributed by atoms with Gasteiger partial charge in [0.05, 0.1) is 19.3 Å². The fourth-order valence-electron chi connectivity index (χ4n) is 3.73. The fourth-order valence-corrected chi connectivity index (χ4v) is 5.46. The number of benzene rings is 1. The zero-order valence-electron chi connectivity index (χ0n) is 16.9. The van der Waals surface area contributed by atoms with E-state index < -0.39 is 7.82 Å². The Labute approximate surface area is 166 Å². The highest BCUT2D eigenvalue weighted by Crippen LogP contribution is 2.59. The first kappa shape index (κ1) is 21.2. The molecule has 2 saturated heterocycles. The summed E-state index contributed by atoms with van der Waals surface area (Å²) in [4.78, 5) is 2.32. The van der Waals surface area contributed by atoms with Gasteiger partial charge >= 0.3 is 7.82 Å². The zero-order chi connectivity index (χ0) is 20.3. The Balaban J connectivity index is 0.000000211. The first-order valence-electron chi connectivity index (χ1n) is 9.70. The molecule has 0 radical (unpaired) electrons. The van der Waals surface area contributed by atoms with Crippen LogP contribution in [0.1, 0.15) is 33.1 Å². The van der Waals surface area contributed by atoms with Crippen LogP contribution in [0.15, 0.2) is 36.1 Å². The van der Waals surface area contributed by atoms with Crippen LogP contribution in [0.3, 0.4) is 0 Å². The minimum atomic E-state index is -3.39. The molecule has 0 saturated carbocycles. The summed E-state index contributed by atoms with van der Waals surface area (Å²) in [5.74, 6) is 2.17. The van der Waals surface area contributed by atoms with E-state index in [2.05, 4.69) is 18.0 Å². The Morgan fingerprint density at radius 3 is 2.46 bits per heavy atom. The quantitative estimate of drug-likeness (QED) is 0.742. The molecule has 2 aliphatic heterocycles. The van der Waals surface area contributed by atoms with Gasteiger partial charge in [0.1, 0.15) is 5.76 Å². The van der Waals surface area contributed by atoms with Crippen LogP contribution in [0.4, 0.5) is 0 Å². The van der Waals surface area contributed by atoms with Gasteiger partial charge in [0.2, 0.25) is 0 Å². The summed E-state index contributed by atoms with van der Waals surface area (Å²) in [5.41, 5.74) is 0. The Kier molecular flexibility index (Phi) is 6.71. The van der Waals surface area contributed by atoms with Gasteiger partial charge in [-0.1, -0.05) is 12.1 Å². The number of phosphoric acid groups is 1. The first-order valence-corrected chi connectivity index (χ1v) is 11.2. The van der Waals surface area contributed by atoms with Crippen LogP contribution in [-0.4, -0.2) is 49.0 Å². The van der Waals surface area contributed by atoms with Crippen LogP contribution in [0.5, 0.6) is 11.5 Å². The van der Waals surface area contributed by atoms with Crippen LogP contribution in [0.25, 0.3) is 0 Å². The van der Waals surface area contributed by atoms with Crippen molar-refractivity contribution in [3.63, 3.8) is 0 Å². The normalized spacial score (nSPS) is 34.8. The monoisotopic (exact) mass is 411 g/mol. The Bertz CT molecular complexity index is 740. The number of nitrogens with zero attached hydrogens (tertiary/aromatic N) is 1. The molecule has 3 aliphatic rings. The molecule has 0 spiro atoms. The Morgan fingerprint density at radius 2 is 1.86 bits per heavy atom. The molecule has 156 valence electrons. The number of likely N-dealkylation sites (N-methyl/N-ethyl adjacent to an activating group) is 1. The molecule has 8 heteroatoms. The van der Waals surface area contributed by atoms with Crippen molar-refractivity contribution in [2.45, 2.75) is 51.4 Å². The van der Waals surface area contributed by atoms with Crippen molar-refractivity contribution in [1.29, 1.82) is 0 Å². The number of likely N-dealkylation sites (tertiary alicyclic amines) is 1. The average Bonchev–Trinajstić information content (AvgIpc) is 3.14. The van der Waals surface area contributed by atoms with E-state index in [4.69, 9.17) is 23.4 Å². The van der Waals surface area contributed by atoms with Gasteiger partial charge in [0.15, 0.2) is 11.5 Å². The number of aromatic hydroxyl groups is 1. The van der Waals surface area contributed by atoms with E-state index in [1.807, 2.05) is 13.8 Å². The summed E-state index contributed by atoms with van der Waals surface area (Å²) >= 11 is 0. The van der Waals surface area contributed by atoms with Gasteiger partial charge in [0, 0.05) is 12.5 Å². The number of para-hydroxylation sites is 2. The largest absolute Gasteiger partial charge is 0.530 e. The third-order valence-electron chi connectivity index (χ3n) is 5.53. The summed E-state index contributed by atoms with van der Waals surface area (Å²) in [6, 6.07) is 7.25. The van der Waals surface area contributed by atoms with Crippen LogP contribution in [0.2, 0.25) is 0 Å². The lowest BCUT2D eigenvalue weighted by Gasteiger charge is -2.28. The molecular weight excluding hydrogens is 381 g/mol. The lowest BCUT2D eigenvalue weighted by molar-refractivity contribution is 0.187. The van der Waals surface area contributed by atoms with Crippen molar-refractivity contribution < 1.29 is 28.0 Å². The number of fused-ring (bicyclic) bond motifs is 1. The zero-order valence-corrected chi connectivity index (χ0v) is 17.8. The van der Waals surface area contributed by atoms with Crippen molar-refractivity contribution in [2.24, 2.45) is 5.92 Å². The second-order valence-corrected chi connectivity index (χ2v) is 9.02. The van der Waals surface area contributed by atoms with E-state index in [9.17, 15) is 4.57 Å². The Hall–Kier alpha value is -1.53. The summed E-state index contributed by atoms with van der Waals surface area (Å²) in [6.45, 7) is 4.82. The standard InChI is InChI=1S/C13H22NO4P.C7H8O2/c1-9-10(2)17-19(15,16-9)18-12-5-4-11-6-7-14(3)13(11)8-12;1-9-7-5-3-2-4-6(7)8/h8-11,13H,4-7H2,1-3H3;2-5,8H,1H3. The molecule has 1 aromatic carbocycles. The van der Waals surface area contributed by atoms with Gasteiger partial charge in [0.25, 0.3) is 0 Å². The molecule has 1 aliphatic carbocycles. The number of allylic oxidation sites excluding steroid dienone is 1. The molecule has 1 N–H and O–H groups in total. The lowest BCUT2D eigenvalue weighted by atomic mass is 9.89. The summed E-state index contributed by atoms with van der Waals surface area (Å²) in [6.07, 6.45) is 4.89. The van der Waals surface area contributed by atoms with Crippen LogP contribution >= 0.6 is 7.82 Å². The maximum atomic E-state index is 12.4. The van der Waals surface area contributed by atoms with E-state index >= 15 is 0 Å². The maximum absolute atomic E-state index is 12.4. The molecule has 7 nitrogen and oxygen atoms in total. The summed E-state index contributed by atoms with van der Waals surface area (Å²) in [5, 5.41) is 8.99. The van der Waals surface area contributed by atoms with Gasteiger partial charge in [-0.25, -0.2) is 4.57 Å². The molecule has 4 rings (SSSR count). The van der Waals surface area contributed by atoms with E-state index in [1.54, 1.807) is 24.3 Å². The van der Waals surface area contributed by atoms with Gasteiger partial charge in [-0.05, 0) is 64.4 Å². The molecule has 4 atom stereocenters. The van der Waals surface area contributed by atoms with Crippen molar-refractivity contribution in [1.82, 2.24) is 4.90 Å². The molecular formula is C20H30NO6P. The smallest absolute Gasteiger partial charge is 0.504 e. The highest BCUT2D eigenvalue weighted by atomic mass is 31.2. The topological polar surface area (TPSA) is 77.5 Å². The highest BCUT2D eigenvalue weighted by molar-refractivity contribution is 7.48. The van der Waals surface area contributed by atoms with Crippen LogP contribution in [-0.2, 0) is 18.1 Å².